The van der Waals surface area contributed by atoms with Gasteiger partial charge in [0, 0.05) is 26.2 Å². The lowest BCUT2D eigenvalue weighted by molar-refractivity contribution is 0.00272. The van der Waals surface area contributed by atoms with Crippen molar-refractivity contribution in [1.82, 2.24) is 4.90 Å². The second-order valence-corrected chi connectivity index (χ2v) is 3.39. The van der Waals surface area contributed by atoms with Gasteiger partial charge in [-0.15, -0.1) is 0 Å². The summed E-state index contributed by atoms with van der Waals surface area (Å²) in [5.41, 5.74) is 5.45. The molecule has 3 nitrogen and oxygen atoms in total. The van der Waals surface area contributed by atoms with Crippen LogP contribution in [0.25, 0.3) is 0 Å². The van der Waals surface area contributed by atoms with E-state index in [1.54, 1.807) is 0 Å². The third-order valence-corrected chi connectivity index (χ3v) is 2.41. The summed E-state index contributed by atoms with van der Waals surface area (Å²) >= 11 is 0. The van der Waals surface area contributed by atoms with Gasteiger partial charge in [-0.25, -0.2) is 4.39 Å². The second-order valence-electron chi connectivity index (χ2n) is 3.39. The molecule has 1 fully saturated rings. The molecule has 0 aromatic heterocycles. The predicted octanol–water partition coefficient (Wildman–Crippen LogP) is 0.396. The molecule has 1 aliphatic rings. The van der Waals surface area contributed by atoms with Crippen LogP contribution in [-0.2, 0) is 4.74 Å². The number of rotatable bonds is 5. The van der Waals surface area contributed by atoms with Gasteiger partial charge in [0.2, 0.25) is 0 Å². The Kier molecular flexibility index (Phi) is 5.27. The van der Waals surface area contributed by atoms with Crippen LogP contribution in [0.4, 0.5) is 4.39 Å². The summed E-state index contributed by atoms with van der Waals surface area (Å²) in [4.78, 5) is 2.33. The zero-order chi connectivity index (χ0) is 9.52. The molecule has 0 aliphatic carbocycles. The minimum absolute atomic E-state index is 0.252. The Morgan fingerprint density at radius 1 is 1.38 bits per heavy atom. The van der Waals surface area contributed by atoms with Crippen molar-refractivity contribution >= 4 is 0 Å². The van der Waals surface area contributed by atoms with Crippen molar-refractivity contribution in [2.24, 2.45) is 5.73 Å². The Morgan fingerprint density at radius 2 is 2.08 bits per heavy atom. The average Bonchev–Trinajstić information content (AvgIpc) is 2.17. The van der Waals surface area contributed by atoms with Crippen molar-refractivity contribution < 1.29 is 9.13 Å². The molecule has 0 bridgehead atoms. The van der Waals surface area contributed by atoms with E-state index in [4.69, 9.17) is 10.5 Å². The summed E-state index contributed by atoms with van der Waals surface area (Å²) in [7, 11) is 0. The Bertz CT molecular complexity index is 127. The first-order valence-corrected chi connectivity index (χ1v) is 4.97. The van der Waals surface area contributed by atoms with Crippen LogP contribution in [-0.4, -0.2) is 50.5 Å². The number of nitrogens with two attached hydrogens (primary N) is 1. The van der Waals surface area contributed by atoms with Gasteiger partial charge >= 0.3 is 0 Å². The molecule has 0 aromatic rings. The normalized spacial score (nSPS) is 20.8. The summed E-state index contributed by atoms with van der Waals surface area (Å²) < 4.78 is 17.1. The summed E-state index contributed by atoms with van der Waals surface area (Å²) in [6, 6.07) is 0. The smallest absolute Gasteiger partial charge is 0.113 e. The van der Waals surface area contributed by atoms with E-state index >= 15 is 0 Å². The average molecular weight is 190 g/mol. The first-order chi connectivity index (χ1) is 6.36. The van der Waals surface area contributed by atoms with E-state index in [1.165, 1.54) is 0 Å². The first kappa shape index (κ1) is 10.9. The van der Waals surface area contributed by atoms with E-state index in [-0.39, 0.29) is 19.4 Å². The van der Waals surface area contributed by atoms with E-state index < -0.39 is 0 Å². The Balaban J connectivity index is 2.08. The molecule has 0 spiro atoms. The lowest BCUT2D eigenvalue weighted by atomic mass is 10.1. The number of alkyl halides is 1. The van der Waals surface area contributed by atoms with Crippen LogP contribution in [0, 0.1) is 0 Å². The van der Waals surface area contributed by atoms with Crippen LogP contribution < -0.4 is 5.73 Å². The third-order valence-electron chi connectivity index (χ3n) is 2.41. The molecule has 0 aromatic carbocycles. The van der Waals surface area contributed by atoms with Gasteiger partial charge in [-0.2, -0.15) is 0 Å². The zero-order valence-corrected chi connectivity index (χ0v) is 8.04. The molecule has 1 aliphatic heterocycles. The lowest BCUT2D eigenvalue weighted by Gasteiger charge is -2.31. The van der Waals surface area contributed by atoms with Gasteiger partial charge in [-0.3, -0.25) is 0 Å². The minimum atomic E-state index is -0.372. The minimum Gasteiger partial charge on any atom is -0.375 e. The number of hydrogen-bond acceptors (Lipinski definition) is 3. The monoisotopic (exact) mass is 190 g/mol. The maximum absolute atomic E-state index is 11.8. The standard InChI is InChI=1S/C9H19FN2O/c10-3-8-13-9-1-5-12(6-2-9)7-4-11/h9H,1-8,11H2. The Hall–Kier alpha value is -0.190. The van der Waals surface area contributed by atoms with Gasteiger partial charge in [0.25, 0.3) is 0 Å². The molecule has 1 rings (SSSR count). The zero-order valence-electron chi connectivity index (χ0n) is 8.04. The molecule has 78 valence electrons. The molecule has 1 saturated heterocycles. The van der Waals surface area contributed by atoms with E-state index in [9.17, 15) is 4.39 Å². The van der Waals surface area contributed by atoms with Crippen molar-refractivity contribution in [2.45, 2.75) is 18.9 Å². The van der Waals surface area contributed by atoms with E-state index in [0.29, 0.717) is 0 Å². The summed E-state index contributed by atoms with van der Waals surface area (Å²) in [5, 5.41) is 0. The molecular formula is C9H19FN2O. The topological polar surface area (TPSA) is 38.5 Å². The van der Waals surface area contributed by atoms with Crippen molar-refractivity contribution in [3.63, 3.8) is 0 Å². The van der Waals surface area contributed by atoms with Crippen LogP contribution in [0.5, 0.6) is 0 Å². The third kappa shape index (κ3) is 4.02. The SMILES string of the molecule is NCCN1CCC(OCCF)CC1. The lowest BCUT2D eigenvalue weighted by Crippen LogP contribution is -2.39. The highest BCUT2D eigenvalue weighted by molar-refractivity contribution is 4.72. The number of halogens is 1. The fourth-order valence-electron chi connectivity index (χ4n) is 1.69. The first-order valence-electron chi connectivity index (χ1n) is 4.97. The summed E-state index contributed by atoms with van der Waals surface area (Å²) in [6.07, 6.45) is 2.30. The molecule has 1 heterocycles. The molecule has 13 heavy (non-hydrogen) atoms. The predicted molar refractivity (Wildman–Crippen MR) is 50.4 cm³/mol. The van der Waals surface area contributed by atoms with Crippen molar-refractivity contribution in [3.05, 3.63) is 0 Å². The van der Waals surface area contributed by atoms with Crippen LogP contribution in [0.2, 0.25) is 0 Å². The van der Waals surface area contributed by atoms with Crippen molar-refractivity contribution in [2.75, 3.05) is 39.5 Å². The highest BCUT2D eigenvalue weighted by Crippen LogP contribution is 2.12. The molecule has 0 amide bonds. The summed E-state index contributed by atoms with van der Waals surface area (Å²) in [6.45, 7) is 3.64. The van der Waals surface area contributed by atoms with Crippen molar-refractivity contribution in [3.8, 4) is 0 Å². The van der Waals surface area contributed by atoms with Gasteiger partial charge < -0.3 is 15.4 Å². The van der Waals surface area contributed by atoms with Crippen molar-refractivity contribution in [1.29, 1.82) is 0 Å². The van der Waals surface area contributed by atoms with Crippen LogP contribution in [0.3, 0.4) is 0 Å². The number of piperidine rings is 1. The summed E-state index contributed by atoms with van der Waals surface area (Å²) in [5.74, 6) is 0. The number of nitrogens with zero attached hydrogens (tertiary/aromatic N) is 1. The second kappa shape index (κ2) is 6.29. The fourth-order valence-corrected chi connectivity index (χ4v) is 1.69. The highest BCUT2D eigenvalue weighted by atomic mass is 19.1. The number of hydrogen-bond donors (Lipinski definition) is 1. The Labute approximate surface area is 79.0 Å². The molecule has 0 radical (unpaired) electrons. The largest absolute Gasteiger partial charge is 0.375 e. The maximum atomic E-state index is 11.8. The van der Waals surface area contributed by atoms with Gasteiger partial charge in [0.05, 0.1) is 12.7 Å². The van der Waals surface area contributed by atoms with Crippen LogP contribution in [0.15, 0.2) is 0 Å². The van der Waals surface area contributed by atoms with E-state index in [0.717, 1.165) is 39.0 Å². The highest BCUT2D eigenvalue weighted by Gasteiger charge is 2.18. The van der Waals surface area contributed by atoms with Gasteiger partial charge in [-0.1, -0.05) is 0 Å². The van der Waals surface area contributed by atoms with Crippen LogP contribution in [0.1, 0.15) is 12.8 Å². The van der Waals surface area contributed by atoms with Gasteiger partial charge in [-0.05, 0) is 12.8 Å². The molecule has 2 N–H and O–H groups in total. The molecule has 4 heteroatoms. The molecule has 0 saturated carbocycles. The molecule has 0 atom stereocenters. The number of likely N-dealkylation sites (tertiary alicyclic amines) is 1. The van der Waals surface area contributed by atoms with Gasteiger partial charge in [0.15, 0.2) is 0 Å². The Morgan fingerprint density at radius 3 is 2.62 bits per heavy atom. The van der Waals surface area contributed by atoms with E-state index in [1.807, 2.05) is 0 Å². The fraction of sp³-hybridized carbons (Fsp3) is 1.00. The van der Waals surface area contributed by atoms with E-state index in [2.05, 4.69) is 4.90 Å². The molecule has 0 unspecified atom stereocenters. The van der Waals surface area contributed by atoms with Crippen LogP contribution >= 0.6 is 0 Å². The number of ether oxygens (including phenoxy) is 1. The quantitative estimate of drug-likeness (QED) is 0.682. The maximum Gasteiger partial charge on any atom is 0.113 e. The molecular weight excluding hydrogens is 171 g/mol. The van der Waals surface area contributed by atoms with Gasteiger partial charge in [0.1, 0.15) is 6.67 Å².